The molecule has 1 aromatic carbocycles. The summed E-state index contributed by atoms with van der Waals surface area (Å²) in [7, 11) is 1.42. The Morgan fingerprint density at radius 2 is 1.59 bits per heavy atom. The second-order valence-electron chi connectivity index (χ2n) is 10.1. The van der Waals surface area contributed by atoms with Gasteiger partial charge in [0.1, 0.15) is 6.29 Å². The minimum Gasteiger partial charge on any atom is -0.465 e. The number of methoxy groups -OCH3 is 1. The average Bonchev–Trinajstić information content (AvgIpc) is 3.65. The summed E-state index contributed by atoms with van der Waals surface area (Å²) in [5.74, 6) is 2.00. The maximum atomic E-state index is 11.6. The monoisotopic (exact) mass is 442 g/mol. The van der Waals surface area contributed by atoms with Gasteiger partial charge in [-0.05, 0) is 81.0 Å². The van der Waals surface area contributed by atoms with E-state index in [2.05, 4.69) is 27.8 Å². The molecule has 0 radical (unpaired) electrons. The van der Waals surface area contributed by atoms with Crippen LogP contribution in [0.25, 0.3) is 0 Å². The fourth-order valence-electron chi connectivity index (χ4n) is 5.38. The number of carbonyl (C=O) groups excluding carboxylic acids is 1. The number of nitrogens with zero attached hydrogens (tertiary/aromatic N) is 1. The molecule has 3 fully saturated rings. The molecule has 3 N–H and O–H groups in total. The van der Waals surface area contributed by atoms with Crippen molar-refractivity contribution in [3.05, 3.63) is 35.4 Å². The Morgan fingerprint density at radius 1 is 1.00 bits per heavy atom. The van der Waals surface area contributed by atoms with Crippen LogP contribution < -0.4 is 16.0 Å². The molecule has 1 saturated heterocycles. The Kier molecular flexibility index (Phi) is 8.58. The number of rotatable bonds is 10. The highest BCUT2D eigenvalue weighted by Gasteiger charge is 2.29. The highest BCUT2D eigenvalue weighted by Crippen LogP contribution is 2.31. The number of ether oxygens (including phenoxy) is 1. The first-order chi connectivity index (χ1) is 15.6. The van der Waals surface area contributed by atoms with Gasteiger partial charge >= 0.3 is 5.97 Å². The lowest BCUT2D eigenvalue weighted by atomic mass is 9.85. The van der Waals surface area contributed by atoms with Crippen molar-refractivity contribution < 1.29 is 9.53 Å². The Bertz CT molecular complexity index is 705. The first kappa shape index (κ1) is 23.7. The minimum atomic E-state index is -0.281. The molecule has 0 atom stereocenters. The summed E-state index contributed by atoms with van der Waals surface area (Å²) in [6.07, 6.45) is 9.65. The fraction of sp³-hybridized carbons (Fsp3) is 0.731. The summed E-state index contributed by atoms with van der Waals surface area (Å²) >= 11 is 0. The van der Waals surface area contributed by atoms with Crippen molar-refractivity contribution in [1.82, 2.24) is 20.9 Å². The van der Waals surface area contributed by atoms with Crippen molar-refractivity contribution in [3.63, 3.8) is 0 Å². The van der Waals surface area contributed by atoms with E-state index in [1.807, 2.05) is 24.3 Å². The van der Waals surface area contributed by atoms with Crippen LogP contribution in [0.4, 0.5) is 0 Å². The number of nitrogens with one attached hydrogen (secondary N) is 3. The minimum absolute atomic E-state index is 0.189. The van der Waals surface area contributed by atoms with Crippen molar-refractivity contribution in [2.45, 2.75) is 70.1 Å². The van der Waals surface area contributed by atoms with Crippen molar-refractivity contribution in [2.75, 3.05) is 39.8 Å². The van der Waals surface area contributed by atoms with Gasteiger partial charge in [-0.2, -0.15) is 0 Å². The Balaban J connectivity index is 1.15. The maximum absolute atomic E-state index is 11.6. The molecule has 0 amide bonds. The third kappa shape index (κ3) is 6.77. The second kappa shape index (κ2) is 11.6. The largest absolute Gasteiger partial charge is 0.465 e. The van der Waals surface area contributed by atoms with Gasteiger partial charge in [-0.25, -0.2) is 4.79 Å². The molecule has 32 heavy (non-hydrogen) atoms. The van der Waals surface area contributed by atoms with E-state index in [0.717, 1.165) is 24.9 Å². The van der Waals surface area contributed by atoms with Gasteiger partial charge in [0.2, 0.25) is 0 Å². The predicted molar refractivity (Wildman–Crippen MR) is 129 cm³/mol. The van der Waals surface area contributed by atoms with Crippen LogP contribution in [0.1, 0.15) is 73.7 Å². The summed E-state index contributed by atoms with van der Waals surface area (Å²) in [6.45, 7) is 8.11. The normalized spacial score (nSPS) is 28.6. The van der Waals surface area contributed by atoms with Crippen LogP contribution in [0.5, 0.6) is 0 Å². The van der Waals surface area contributed by atoms with E-state index >= 15 is 0 Å². The summed E-state index contributed by atoms with van der Waals surface area (Å²) in [6, 6.07) is 8.41. The molecule has 0 unspecified atom stereocenters. The van der Waals surface area contributed by atoms with E-state index in [4.69, 9.17) is 4.74 Å². The molecule has 3 aliphatic rings. The molecule has 6 nitrogen and oxygen atoms in total. The van der Waals surface area contributed by atoms with Crippen molar-refractivity contribution in [2.24, 2.45) is 11.8 Å². The quantitative estimate of drug-likeness (QED) is 0.483. The Labute approximate surface area is 193 Å². The van der Waals surface area contributed by atoms with Gasteiger partial charge in [0.15, 0.2) is 0 Å². The van der Waals surface area contributed by atoms with Crippen LogP contribution >= 0.6 is 0 Å². The molecule has 0 bridgehead atoms. The highest BCUT2D eigenvalue weighted by atomic mass is 16.5. The van der Waals surface area contributed by atoms with Gasteiger partial charge in [0.05, 0.1) is 12.7 Å². The van der Waals surface area contributed by atoms with E-state index in [9.17, 15) is 4.79 Å². The smallest absolute Gasteiger partial charge is 0.337 e. The van der Waals surface area contributed by atoms with Gasteiger partial charge in [-0.1, -0.05) is 19.1 Å². The Morgan fingerprint density at radius 3 is 2.12 bits per heavy atom. The molecular formula is C26H42N4O2. The van der Waals surface area contributed by atoms with E-state index in [0.29, 0.717) is 17.5 Å². The average molecular weight is 443 g/mol. The van der Waals surface area contributed by atoms with Crippen molar-refractivity contribution >= 4 is 5.97 Å². The lowest BCUT2D eigenvalue weighted by molar-refractivity contribution is 0.0600. The molecular weight excluding hydrogens is 400 g/mol. The first-order valence-electron chi connectivity index (χ1n) is 12.8. The zero-order chi connectivity index (χ0) is 22.3. The van der Waals surface area contributed by atoms with Crippen LogP contribution in [0.2, 0.25) is 0 Å². The van der Waals surface area contributed by atoms with Gasteiger partial charge in [-0.15, -0.1) is 0 Å². The molecule has 1 heterocycles. The summed E-state index contributed by atoms with van der Waals surface area (Å²) in [5, 5.41) is 11.1. The zero-order valence-corrected chi connectivity index (χ0v) is 19.9. The second-order valence-corrected chi connectivity index (χ2v) is 10.1. The predicted octanol–water partition coefficient (Wildman–Crippen LogP) is 3.30. The summed E-state index contributed by atoms with van der Waals surface area (Å²) in [4.78, 5) is 14.4. The van der Waals surface area contributed by atoms with Crippen LogP contribution in [-0.2, 0) is 4.74 Å². The standard InChI is InChI=1S/C26H42N4O2/c1-3-14-30(17-19-4-5-19)18-20-6-12-24(13-7-20)29-26-27-15-23(16-28-26)21-8-10-22(11-9-21)25(31)32-2/h8-11,19-20,23-24,26-29H,3-7,12-18H2,1-2H3. The molecule has 2 saturated carbocycles. The third-order valence-corrected chi connectivity index (χ3v) is 7.46. The van der Waals surface area contributed by atoms with Crippen molar-refractivity contribution in [1.29, 1.82) is 0 Å². The molecule has 178 valence electrons. The molecule has 4 rings (SSSR count). The zero-order valence-electron chi connectivity index (χ0n) is 19.9. The number of esters is 1. The van der Waals surface area contributed by atoms with Crippen molar-refractivity contribution in [3.8, 4) is 0 Å². The lowest BCUT2D eigenvalue weighted by Crippen LogP contribution is -2.61. The Hall–Kier alpha value is -1.47. The van der Waals surface area contributed by atoms with Crippen LogP contribution in [-0.4, -0.2) is 63.0 Å². The van der Waals surface area contributed by atoms with Gasteiger partial charge in [-0.3, -0.25) is 16.0 Å². The van der Waals surface area contributed by atoms with Gasteiger partial charge in [0, 0.05) is 38.1 Å². The van der Waals surface area contributed by atoms with Gasteiger partial charge in [0.25, 0.3) is 0 Å². The summed E-state index contributed by atoms with van der Waals surface area (Å²) in [5.41, 5.74) is 1.85. The molecule has 0 aromatic heterocycles. The lowest BCUT2D eigenvalue weighted by Gasteiger charge is -2.38. The number of hydrogen-bond acceptors (Lipinski definition) is 6. The topological polar surface area (TPSA) is 65.6 Å². The molecule has 0 spiro atoms. The van der Waals surface area contributed by atoms with Crippen LogP contribution in [0.15, 0.2) is 24.3 Å². The fourth-order valence-corrected chi connectivity index (χ4v) is 5.38. The van der Waals surface area contributed by atoms with E-state index in [1.165, 1.54) is 77.3 Å². The van der Waals surface area contributed by atoms with Gasteiger partial charge < -0.3 is 9.64 Å². The maximum Gasteiger partial charge on any atom is 0.337 e. The highest BCUT2D eigenvalue weighted by molar-refractivity contribution is 5.89. The van der Waals surface area contributed by atoms with Crippen LogP contribution in [0, 0.1) is 11.8 Å². The number of carbonyl (C=O) groups is 1. The summed E-state index contributed by atoms with van der Waals surface area (Å²) < 4.78 is 4.79. The van der Waals surface area contributed by atoms with E-state index in [1.54, 1.807) is 0 Å². The molecule has 1 aliphatic heterocycles. The number of benzene rings is 1. The van der Waals surface area contributed by atoms with E-state index in [-0.39, 0.29) is 12.3 Å². The molecule has 6 heteroatoms. The molecule has 2 aliphatic carbocycles. The third-order valence-electron chi connectivity index (χ3n) is 7.46. The SMILES string of the molecule is CCCN(CC1CC1)CC1CCC(NC2NCC(c3ccc(C(=O)OC)cc3)CN2)CC1. The van der Waals surface area contributed by atoms with Crippen LogP contribution in [0.3, 0.4) is 0 Å². The first-order valence-corrected chi connectivity index (χ1v) is 12.8. The van der Waals surface area contributed by atoms with E-state index < -0.39 is 0 Å². The number of hydrogen-bond donors (Lipinski definition) is 3. The molecule has 1 aromatic rings.